The summed E-state index contributed by atoms with van der Waals surface area (Å²) in [6.07, 6.45) is 10.5. The van der Waals surface area contributed by atoms with Crippen LogP contribution in [0, 0.1) is 17.8 Å². The highest BCUT2D eigenvalue weighted by atomic mass is 16.5. The zero-order valence-electron chi connectivity index (χ0n) is 22.1. The lowest BCUT2D eigenvalue weighted by Crippen LogP contribution is -2.40. The number of likely N-dealkylation sites (tertiary alicyclic amines) is 1. The van der Waals surface area contributed by atoms with Gasteiger partial charge in [0.15, 0.2) is 0 Å². The fraction of sp³-hybridized carbons (Fsp3) is 0.600. The summed E-state index contributed by atoms with van der Waals surface area (Å²) >= 11 is 0. The summed E-state index contributed by atoms with van der Waals surface area (Å²) in [7, 11) is 0. The predicted molar refractivity (Wildman–Crippen MR) is 148 cm³/mol. The number of allylic oxidation sites excluding steroid dienone is 3. The zero-order valence-corrected chi connectivity index (χ0v) is 22.1. The average molecular weight is 477 g/mol. The molecule has 0 spiro atoms. The van der Waals surface area contributed by atoms with Crippen LogP contribution in [0.1, 0.15) is 71.3 Å². The van der Waals surface area contributed by atoms with Crippen molar-refractivity contribution >= 4 is 17.2 Å². The molecule has 1 aromatic carbocycles. The molecule has 5 heteroatoms. The SMILES string of the molecule is C=C(NCCCC)C1CC=C(c2ccc(OCC3CCN(C4=NC(C(C)C)=NC4)CC3)cc2)CC1. The highest BCUT2D eigenvalue weighted by molar-refractivity contribution is 6.03. The first kappa shape index (κ1) is 25.5. The molecule has 1 unspecified atom stereocenters. The molecule has 0 amide bonds. The van der Waals surface area contributed by atoms with Crippen LogP contribution in [0.2, 0.25) is 0 Å². The van der Waals surface area contributed by atoms with E-state index in [-0.39, 0.29) is 0 Å². The van der Waals surface area contributed by atoms with Crippen LogP contribution in [0.3, 0.4) is 0 Å². The van der Waals surface area contributed by atoms with E-state index in [9.17, 15) is 0 Å². The maximum Gasteiger partial charge on any atom is 0.128 e. The lowest BCUT2D eigenvalue weighted by Gasteiger charge is -2.33. The lowest BCUT2D eigenvalue weighted by atomic mass is 9.85. The van der Waals surface area contributed by atoms with E-state index in [1.54, 1.807) is 0 Å². The van der Waals surface area contributed by atoms with Gasteiger partial charge in [0.05, 0.1) is 13.2 Å². The molecule has 190 valence electrons. The van der Waals surface area contributed by atoms with Gasteiger partial charge in [-0.1, -0.05) is 52.0 Å². The van der Waals surface area contributed by atoms with Gasteiger partial charge in [-0.25, -0.2) is 4.99 Å². The van der Waals surface area contributed by atoms with Crippen LogP contribution in [0.5, 0.6) is 5.75 Å². The van der Waals surface area contributed by atoms with E-state index in [2.05, 4.69) is 72.9 Å². The molecule has 1 N–H and O–H groups in total. The van der Waals surface area contributed by atoms with Gasteiger partial charge in [0, 0.05) is 37.2 Å². The Balaban J connectivity index is 1.19. The summed E-state index contributed by atoms with van der Waals surface area (Å²) in [5.41, 5.74) is 4.00. The molecule has 4 rings (SSSR count). The Morgan fingerprint density at radius 3 is 2.57 bits per heavy atom. The minimum atomic E-state index is 0.411. The Bertz CT molecular complexity index is 936. The molecular weight excluding hydrogens is 432 g/mol. The van der Waals surface area contributed by atoms with Crippen molar-refractivity contribution in [2.75, 3.05) is 32.8 Å². The molecule has 1 aromatic rings. The molecule has 2 heterocycles. The van der Waals surface area contributed by atoms with Crippen molar-refractivity contribution < 1.29 is 4.74 Å². The summed E-state index contributed by atoms with van der Waals surface area (Å²) in [6.45, 7) is 15.5. The Morgan fingerprint density at radius 1 is 1.17 bits per heavy atom. The topological polar surface area (TPSA) is 49.2 Å². The Labute approximate surface area is 212 Å². The van der Waals surface area contributed by atoms with Gasteiger partial charge in [0.1, 0.15) is 17.4 Å². The molecule has 3 aliphatic rings. The number of hydrogen-bond acceptors (Lipinski definition) is 5. The van der Waals surface area contributed by atoms with Crippen LogP contribution < -0.4 is 10.1 Å². The number of aliphatic imine (C=N–C) groups is 2. The van der Waals surface area contributed by atoms with Gasteiger partial charge in [-0.2, -0.15) is 0 Å². The van der Waals surface area contributed by atoms with Crippen LogP contribution in [-0.2, 0) is 0 Å². The van der Waals surface area contributed by atoms with Gasteiger partial charge < -0.3 is 15.0 Å². The second-order valence-electron chi connectivity index (χ2n) is 10.6. The molecule has 35 heavy (non-hydrogen) atoms. The summed E-state index contributed by atoms with van der Waals surface area (Å²) in [4.78, 5) is 11.8. The fourth-order valence-electron chi connectivity index (χ4n) is 5.16. The maximum absolute atomic E-state index is 6.18. The summed E-state index contributed by atoms with van der Waals surface area (Å²) in [5.74, 6) is 4.72. The minimum absolute atomic E-state index is 0.411. The highest BCUT2D eigenvalue weighted by Crippen LogP contribution is 2.33. The quantitative estimate of drug-likeness (QED) is 0.401. The second-order valence-corrected chi connectivity index (χ2v) is 10.6. The van der Waals surface area contributed by atoms with Crippen molar-refractivity contribution in [3.05, 3.63) is 48.2 Å². The number of hydrogen-bond donors (Lipinski definition) is 1. The Kier molecular flexibility index (Phi) is 9.06. The first-order chi connectivity index (χ1) is 17.0. The number of ether oxygens (including phenoxy) is 1. The van der Waals surface area contributed by atoms with Crippen molar-refractivity contribution in [3.8, 4) is 5.75 Å². The largest absolute Gasteiger partial charge is 0.493 e. The van der Waals surface area contributed by atoms with Gasteiger partial charge in [-0.3, -0.25) is 4.99 Å². The predicted octanol–water partition coefficient (Wildman–Crippen LogP) is 6.33. The lowest BCUT2D eigenvalue weighted by molar-refractivity contribution is 0.180. The molecule has 0 radical (unpaired) electrons. The smallest absolute Gasteiger partial charge is 0.128 e. The van der Waals surface area contributed by atoms with E-state index in [0.29, 0.717) is 17.8 Å². The molecule has 0 saturated carbocycles. The summed E-state index contributed by atoms with van der Waals surface area (Å²) < 4.78 is 6.18. The Morgan fingerprint density at radius 2 is 1.94 bits per heavy atom. The van der Waals surface area contributed by atoms with Crippen LogP contribution in [0.4, 0.5) is 0 Å². The van der Waals surface area contributed by atoms with Gasteiger partial charge in [-0.15, -0.1) is 0 Å². The average Bonchev–Trinajstić information content (AvgIpc) is 3.39. The molecular formula is C30H44N4O. The number of rotatable bonds is 10. The van der Waals surface area contributed by atoms with Crippen molar-refractivity contribution in [1.82, 2.24) is 10.2 Å². The number of amidine groups is 2. The molecule has 1 atom stereocenters. The van der Waals surface area contributed by atoms with Gasteiger partial charge in [0.2, 0.25) is 0 Å². The summed E-state index contributed by atoms with van der Waals surface area (Å²) in [5, 5.41) is 3.52. The van der Waals surface area contributed by atoms with E-state index in [1.807, 2.05) is 0 Å². The van der Waals surface area contributed by atoms with Crippen LogP contribution in [0.15, 0.2) is 52.6 Å². The van der Waals surface area contributed by atoms with Crippen LogP contribution >= 0.6 is 0 Å². The number of nitrogens with zero attached hydrogens (tertiary/aromatic N) is 3. The van der Waals surface area contributed by atoms with E-state index in [4.69, 9.17) is 9.73 Å². The molecule has 1 fully saturated rings. The summed E-state index contributed by atoms with van der Waals surface area (Å²) in [6, 6.07) is 8.73. The van der Waals surface area contributed by atoms with Crippen molar-refractivity contribution in [2.24, 2.45) is 27.7 Å². The van der Waals surface area contributed by atoms with Gasteiger partial charge in [-0.05, 0) is 67.7 Å². The first-order valence-electron chi connectivity index (χ1n) is 13.7. The highest BCUT2D eigenvalue weighted by Gasteiger charge is 2.25. The van der Waals surface area contributed by atoms with Gasteiger partial charge in [0.25, 0.3) is 0 Å². The molecule has 2 aliphatic heterocycles. The van der Waals surface area contributed by atoms with Crippen molar-refractivity contribution in [1.29, 1.82) is 0 Å². The number of nitrogens with one attached hydrogen (secondary N) is 1. The van der Waals surface area contributed by atoms with E-state index in [0.717, 1.165) is 75.9 Å². The van der Waals surface area contributed by atoms with Crippen LogP contribution in [-0.4, -0.2) is 49.4 Å². The Hall–Kier alpha value is -2.56. The van der Waals surface area contributed by atoms with E-state index in [1.165, 1.54) is 36.1 Å². The molecule has 0 aromatic heterocycles. The number of benzene rings is 1. The zero-order chi connectivity index (χ0) is 24.6. The number of piperidine rings is 1. The van der Waals surface area contributed by atoms with Crippen molar-refractivity contribution in [2.45, 2.75) is 65.7 Å². The monoisotopic (exact) mass is 476 g/mol. The second kappa shape index (κ2) is 12.4. The third-order valence-corrected chi connectivity index (χ3v) is 7.62. The normalized spacial score (nSPS) is 21.0. The van der Waals surface area contributed by atoms with Crippen LogP contribution in [0.25, 0.3) is 5.57 Å². The maximum atomic E-state index is 6.18. The third-order valence-electron chi connectivity index (χ3n) is 7.62. The number of unbranched alkanes of at least 4 members (excludes halogenated alkanes) is 1. The minimum Gasteiger partial charge on any atom is -0.493 e. The van der Waals surface area contributed by atoms with E-state index >= 15 is 0 Å². The standard InChI is InChI=1S/C30H44N4O/c1-5-6-17-31-23(4)25-7-9-26(10-8-25)27-11-13-28(14-12-27)35-21-24-15-18-34(19-16-24)29-20-32-30(33-29)22(2)3/h9,11-14,22,24-25,31H,4-8,10,15-21H2,1-3H3. The van der Waals surface area contributed by atoms with Gasteiger partial charge >= 0.3 is 0 Å². The third kappa shape index (κ3) is 6.99. The fourth-order valence-corrected chi connectivity index (χ4v) is 5.16. The molecule has 1 saturated heterocycles. The first-order valence-corrected chi connectivity index (χ1v) is 13.7. The van der Waals surface area contributed by atoms with E-state index < -0.39 is 0 Å². The molecule has 0 bridgehead atoms. The molecule has 1 aliphatic carbocycles. The molecule has 5 nitrogen and oxygen atoms in total. The van der Waals surface area contributed by atoms with Crippen molar-refractivity contribution in [3.63, 3.8) is 0 Å².